The third-order valence-corrected chi connectivity index (χ3v) is 2.13. The van der Waals surface area contributed by atoms with E-state index in [1.165, 1.54) is 6.40 Å². The molecule has 1 atom stereocenters. The Labute approximate surface area is 88.5 Å². The summed E-state index contributed by atoms with van der Waals surface area (Å²) in [7, 11) is 1.62. The van der Waals surface area contributed by atoms with Crippen LogP contribution < -0.4 is 9.47 Å². The normalized spacial score (nSPS) is 18.6. The smallest absolute Gasteiger partial charge is 0.170 e. The third-order valence-electron chi connectivity index (χ3n) is 2.13. The fourth-order valence-corrected chi connectivity index (χ4v) is 1.35. The molecule has 1 unspecified atom stereocenters. The van der Waals surface area contributed by atoms with Gasteiger partial charge in [-0.05, 0) is 12.1 Å². The largest absolute Gasteiger partial charge is 0.493 e. The van der Waals surface area contributed by atoms with E-state index in [9.17, 15) is 0 Å². The van der Waals surface area contributed by atoms with E-state index in [2.05, 4.69) is 4.99 Å². The van der Waals surface area contributed by atoms with Gasteiger partial charge < -0.3 is 14.2 Å². The van der Waals surface area contributed by atoms with Crippen LogP contribution in [0.25, 0.3) is 0 Å². The summed E-state index contributed by atoms with van der Waals surface area (Å²) in [5.41, 5.74) is 0. The van der Waals surface area contributed by atoms with Gasteiger partial charge in [0, 0.05) is 0 Å². The summed E-state index contributed by atoms with van der Waals surface area (Å²) < 4.78 is 15.9. The second-order valence-electron chi connectivity index (χ2n) is 3.19. The minimum absolute atomic E-state index is 0.0231. The molecular formula is C11H13NO3. The Balaban J connectivity index is 1.92. The van der Waals surface area contributed by atoms with Crippen molar-refractivity contribution in [1.82, 2.24) is 0 Å². The molecule has 1 aromatic carbocycles. The van der Waals surface area contributed by atoms with Gasteiger partial charge in [-0.1, -0.05) is 12.1 Å². The van der Waals surface area contributed by atoms with Crippen molar-refractivity contribution < 1.29 is 14.2 Å². The lowest BCUT2D eigenvalue weighted by atomic mass is 10.3. The van der Waals surface area contributed by atoms with Gasteiger partial charge in [0.05, 0.1) is 13.7 Å². The van der Waals surface area contributed by atoms with E-state index in [0.29, 0.717) is 13.2 Å². The van der Waals surface area contributed by atoms with Crippen LogP contribution in [-0.2, 0) is 4.74 Å². The summed E-state index contributed by atoms with van der Waals surface area (Å²) in [4.78, 5) is 3.96. The number of rotatable bonds is 4. The van der Waals surface area contributed by atoms with E-state index in [1.807, 2.05) is 24.3 Å². The molecule has 1 aliphatic heterocycles. The van der Waals surface area contributed by atoms with Crippen molar-refractivity contribution in [2.75, 3.05) is 20.3 Å². The Morgan fingerprint density at radius 2 is 2.20 bits per heavy atom. The zero-order valence-corrected chi connectivity index (χ0v) is 8.55. The van der Waals surface area contributed by atoms with Gasteiger partial charge >= 0.3 is 0 Å². The van der Waals surface area contributed by atoms with Crippen molar-refractivity contribution in [1.29, 1.82) is 0 Å². The lowest BCUT2D eigenvalue weighted by Gasteiger charge is -2.13. The summed E-state index contributed by atoms with van der Waals surface area (Å²) >= 11 is 0. The predicted octanol–water partition coefficient (Wildman–Crippen LogP) is 1.50. The molecule has 0 N–H and O–H groups in total. The highest BCUT2D eigenvalue weighted by atomic mass is 16.5. The highest BCUT2D eigenvalue weighted by Gasteiger charge is 2.14. The van der Waals surface area contributed by atoms with Crippen LogP contribution in [0.1, 0.15) is 0 Å². The molecule has 0 radical (unpaired) electrons. The van der Waals surface area contributed by atoms with Crippen LogP contribution >= 0.6 is 0 Å². The molecule has 0 aromatic heterocycles. The van der Waals surface area contributed by atoms with Gasteiger partial charge in [0.25, 0.3) is 0 Å². The zero-order valence-electron chi connectivity index (χ0n) is 8.55. The van der Waals surface area contributed by atoms with Crippen LogP contribution in [0.15, 0.2) is 29.3 Å². The van der Waals surface area contributed by atoms with Crippen molar-refractivity contribution in [3.05, 3.63) is 24.3 Å². The molecule has 2 rings (SSSR count). The monoisotopic (exact) mass is 207 g/mol. The van der Waals surface area contributed by atoms with Gasteiger partial charge in [-0.2, -0.15) is 0 Å². The number of aliphatic imine (C=N–C) groups is 1. The quantitative estimate of drug-likeness (QED) is 0.751. The van der Waals surface area contributed by atoms with E-state index in [1.54, 1.807) is 7.11 Å². The Hall–Kier alpha value is -1.71. The second kappa shape index (κ2) is 4.68. The fraction of sp³-hybridized carbons (Fsp3) is 0.364. The Bertz CT molecular complexity index is 343. The fourth-order valence-electron chi connectivity index (χ4n) is 1.35. The number of nitrogens with zero attached hydrogens (tertiary/aromatic N) is 1. The molecule has 0 aliphatic carbocycles. The van der Waals surface area contributed by atoms with E-state index in [4.69, 9.17) is 14.2 Å². The van der Waals surface area contributed by atoms with Gasteiger partial charge in [-0.15, -0.1) is 0 Å². The van der Waals surface area contributed by atoms with Gasteiger partial charge in [0.1, 0.15) is 6.61 Å². The van der Waals surface area contributed by atoms with Crippen LogP contribution in [0.2, 0.25) is 0 Å². The molecule has 4 nitrogen and oxygen atoms in total. The molecule has 0 saturated heterocycles. The summed E-state index contributed by atoms with van der Waals surface area (Å²) in [6.07, 6.45) is 1.49. The molecule has 1 aliphatic rings. The van der Waals surface area contributed by atoms with Crippen molar-refractivity contribution >= 4 is 6.40 Å². The summed E-state index contributed by atoms with van der Waals surface area (Å²) in [5, 5.41) is 0. The van der Waals surface area contributed by atoms with E-state index in [-0.39, 0.29) is 6.10 Å². The molecule has 4 heteroatoms. The van der Waals surface area contributed by atoms with Crippen LogP contribution in [0, 0.1) is 0 Å². The standard InChI is InChI=1S/C11H13NO3/c1-13-10-4-2-3-5-11(10)14-7-9-6-12-8-15-9/h2-5,8-9H,6-7H2,1H3. The summed E-state index contributed by atoms with van der Waals surface area (Å²) in [5.74, 6) is 1.46. The number of ether oxygens (including phenoxy) is 3. The second-order valence-corrected chi connectivity index (χ2v) is 3.19. The number of hydrogen-bond acceptors (Lipinski definition) is 4. The maximum Gasteiger partial charge on any atom is 0.170 e. The molecule has 0 saturated carbocycles. The van der Waals surface area contributed by atoms with E-state index in [0.717, 1.165) is 11.5 Å². The molecule has 0 amide bonds. The minimum Gasteiger partial charge on any atom is -0.493 e. The third kappa shape index (κ3) is 2.40. The topological polar surface area (TPSA) is 40.0 Å². The average molecular weight is 207 g/mol. The summed E-state index contributed by atoms with van der Waals surface area (Å²) in [6, 6.07) is 7.54. The first-order valence-electron chi connectivity index (χ1n) is 4.79. The first kappa shape index (κ1) is 9.83. The molecular weight excluding hydrogens is 194 g/mol. The molecule has 15 heavy (non-hydrogen) atoms. The molecule has 1 heterocycles. The number of hydrogen-bond donors (Lipinski definition) is 0. The highest BCUT2D eigenvalue weighted by Crippen LogP contribution is 2.25. The molecule has 0 spiro atoms. The molecule has 0 fully saturated rings. The van der Waals surface area contributed by atoms with Crippen LogP contribution in [0.5, 0.6) is 11.5 Å². The predicted molar refractivity (Wildman–Crippen MR) is 56.7 cm³/mol. The van der Waals surface area contributed by atoms with Crippen molar-refractivity contribution in [2.24, 2.45) is 4.99 Å². The maximum absolute atomic E-state index is 5.58. The number of methoxy groups -OCH3 is 1. The van der Waals surface area contributed by atoms with Gasteiger partial charge in [0.2, 0.25) is 0 Å². The number of para-hydroxylation sites is 2. The first-order valence-corrected chi connectivity index (χ1v) is 4.79. The average Bonchev–Trinajstić information content (AvgIpc) is 2.79. The maximum atomic E-state index is 5.58. The first-order chi connectivity index (χ1) is 7.40. The lowest BCUT2D eigenvalue weighted by Crippen LogP contribution is -2.20. The van der Waals surface area contributed by atoms with Crippen LogP contribution in [-0.4, -0.2) is 32.8 Å². The SMILES string of the molecule is COc1ccccc1OCC1CN=CO1. The van der Waals surface area contributed by atoms with Gasteiger partial charge in [-0.25, -0.2) is 0 Å². The minimum atomic E-state index is 0.0231. The van der Waals surface area contributed by atoms with Gasteiger partial charge in [-0.3, -0.25) is 4.99 Å². The van der Waals surface area contributed by atoms with E-state index < -0.39 is 0 Å². The van der Waals surface area contributed by atoms with Crippen molar-refractivity contribution in [3.8, 4) is 11.5 Å². The van der Waals surface area contributed by atoms with Crippen molar-refractivity contribution in [2.45, 2.75) is 6.10 Å². The van der Waals surface area contributed by atoms with Crippen LogP contribution in [0.4, 0.5) is 0 Å². The molecule has 1 aromatic rings. The Morgan fingerprint density at radius 1 is 1.40 bits per heavy atom. The van der Waals surface area contributed by atoms with E-state index >= 15 is 0 Å². The molecule has 80 valence electrons. The van der Waals surface area contributed by atoms with Crippen LogP contribution in [0.3, 0.4) is 0 Å². The number of benzene rings is 1. The van der Waals surface area contributed by atoms with Crippen molar-refractivity contribution in [3.63, 3.8) is 0 Å². The Kier molecular flexibility index (Phi) is 3.07. The Morgan fingerprint density at radius 3 is 2.87 bits per heavy atom. The summed E-state index contributed by atoms with van der Waals surface area (Å²) in [6.45, 7) is 1.15. The zero-order chi connectivity index (χ0) is 10.5. The van der Waals surface area contributed by atoms with Gasteiger partial charge in [0.15, 0.2) is 24.0 Å². The lowest BCUT2D eigenvalue weighted by molar-refractivity contribution is 0.146. The molecule has 0 bridgehead atoms. The highest BCUT2D eigenvalue weighted by molar-refractivity contribution is 5.49.